The van der Waals surface area contributed by atoms with Crippen LogP contribution in [0, 0.1) is 16.7 Å². The summed E-state index contributed by atoms with van der Waals surface area (Å²) >= 11 is 0. The van der Waals surface area contributed by atoms with Gasteiger partial charge in [0.2, 0.25) is 11.6 Å². The topological polar surface area (TPSA) is 34.1 Å². The van der Waals surface area contributed by atoms with Gasteiger partial charge in [0, 0.05) is 5.92 Å². The molecule has 2 saturated carbocycles. The summed E-state index contributed by atoms with van der Waals surface area (Å²) in [5, 5.41) is 0. The van der Waals surface area contributed by atoms with Crippen molar-refractivity contribution in [3.8, 4) is 0 Å². The smallest absolute Gasteiger partial charge is 0.206 e. The Bertz CT molecular complexity index is 1000. The molecular weight excluding hydrogens is 368 g/mol. The Morgan fingerprint density at radius 2 is 1.10 bits per heavy atom. The predicted octanol–water partition coefficient (Wildman–Crippen LogP) is 5.60. The summed E-state index contributed by atoms with van der Waals surface area (Å²) in [7, 11) is 0. The van der Waals surface area contributed by atoms with Crippen molar-refractivity contribution in [3.05, 3.63) is 108 Å². The Kier molecular flexibility index (Phi) is 4.12. The molecule has 2 atom stereocenters. The lowest BCUT2D eigenvalue weighted by atomic mass is 9.47. The van der Waals surface area contributed by atoms with E-state index < -0.39 is 16.2 Å². The van der Waals surface area contributed by atoms with Gasteiger partial charge in [-0.3, -0.25) is 9.59 Å². The van der Waals surface area contributed by atoms with Gasteiger partial charge in [-0.25, -0.2) is 0 Å². The molecule has 150 valence electrons. The van der Waals surface area contributed by atoms with Crippen LogP contribution in [-0.4, -0.2) is 11.6 Å². The summed E-state index contributed by atoms with van der Waals surface area (Å²) < 4.78 is 0. The van der Waals surface area contributed by atoms with E-state index in [0.29, 0.717) is 6.42 Å². The average molecular weight is 395 g/mol. The van der Waals surface area contributed by atoms with E-state index in [9.17, 15) is 9.59 Å². The van der Waals surface area contributed by atoms with Gasteiger partial charge < -0.3 is 0 Å². The van der Waals surface area contributed by atoms with Gasteiger partial charge in [0.1, 0.15) is 0 Å². The van der Waals surface area contributed by atoms with Crippen LogP contribution in [0.4, 0.5) is 0 Å². The normalized spacial score (nSPS) is 24.9. The van der Waals surface area contributed by atoms with E-state index in [0.717, 1.165) is 23.1 Å². The fraction of sp³-hybridized carbons (Fsp3) is 0.286. The number of benzene rings is 3. The first-order valence-corrected chi connectivity index (χ1v) is 10.7. The molecule has 0 amide bonds. The number of rotatable bonds is 4. The highest BCUT2D eigenvalue weighted by molar-refractivity contribution is 6.44. The molecule has 3 aromatic rings. The van der Waals surface area contributed by atoms with Crippen LogP contribution in [-0.2, 0) is 15.0 Å². The highest BCUT2D eigenvalue weighted by atomic mass is 16.2. The molecule has 2 nitrogen and oxygen atoms in total. The van der Waals surface area contributed by atoms with Gasteiger partial charge in [-0.05, 0) is 34.9 Å². The minimum Gasteiger partial charge on any atom is -0.291 e. The highest BCUT2D eigenvalue weighted by Gasteiger charge is 2.76. The minimum atomic E-state index is -0.828. The van der Waals surface area contributed by atoms with Crippen LogP contribution in [0.2, 0.25) is 0 Å². The monoisotopic (exact) mass is 394 g/mol. The van der Waals surface area contributed by atoms with E-state index in [-0.39, 0.29) is 17.5 Å². The highest BCUT2D eigenvalue weighted by Crippen LogP contribution is 2.72. The van der Waals surface area contributed by atoms with Crippen molar-refractivity contribution < 1.29 is 9.59 Å². The second-order valence-electron chi connectivity index (χ2n) is 9.26. The third-order valence-corrected chi connectivity index (χ3v) is 7.97. The van der Waals surface area contributed by atoms with E-state index >= 15 is 0 Å². The third-order valence-electron chi connectivity index (χ3n) is 7.97. The minimum absolute atomic E-state index is 0.182. The summed E-state index contributed by atoms with van der Waals surface area (Å²) in [5.74, 6) is -0.584. The molecule has 2 bridgehead atoms. The number of fused-ring (bicyclic) bond motifs is 2. The standard InChI is InChI=1S/C28H26O2/c1-26(2)23-18-19-27(26,25(30)24(23)29)28(20-12-6-3-7-13-20,21-14-8-4-9-15-21)22-16-10-5-11-17-22/h3-17,23H,18-19H2,1-2H3. The summed E-state index contributed by atoms with van der Waals surface area (Å²) in [6.45, 7) is 4.27. The molecule has 0 aromatic heterocycles. The van der Waals surface area contributed by atoms with E-state index in [1.807, 2.05) is 54.6 Å². The lowest BCUT2D eigenvalue weighted by molar-refractivity contribution is -0.143. The van der Waals surface area contributed by atoms with Crippen molar-refractivity contribution in [1.82, 2.24) is 0 Å². The maximum Gasteiger partial charge on any atom is 0.206 e. The first kappa shape index (κ1) is 19.0. The zero-order valence-corrected chi connectivity index (χ0v) is 17.5. The summed E-state index contributed by atoms with van der Waals surface area (Å²) in [6, 6.07) is 30.9. The molecule has 2 heteroatoms. The lowest BCUT2D eigenvalue weighted by Gasteiger charge is -2.53. The van der Waals surface area contributed by atoms with Gasteiger partial charge >= 0.3 is 0 Å². The molecule has 2 aliphatic rings. The van der Waals surface area contributed by atoms with E-state index in [4.69, 9.17) is 0 Å². The molecule has 0 radical (unpaired) electrons. The number of carbonyl (C=O) groups is 2. The van der Waals surface area contributed by atoms with Crippen LogP contribution in [0.25, 0.3) is 0 Å². The van der Waals surface area contributed by atoms with Crippen molar-refractivity contribution in [2.45, 2.75) is 32.1 Å². The molecule has 0 N–H and O–H groups in total. The first-order valence-electron chi connectivity index (χ1n) is 10.7. The van der Waals surface area contributed by atoms with Crippen LogP contribution in [0.3, 0.4) is 0 Å². The zero-order chi connectivity index (χ0) is 21.0. The van der Waals surface area contributed by atoms with Gasteiger partial charge in [-0.2, -0.15) is 0 Å². The first-order chi connectivity index (χ1) is 14.5. The van der Waals surface area contributed by atoms with E-state index in [1.54, 1.807) is 0 Å². The van der Waals surface area contributed by atoms with Crippen molar-refractivity contribution in [1.29, 1.82) is 0 Å². The summed E-state index contributed by atoms with van der Waals surface area (Å²) in [4.78, 5) is 27.1. The number of ketones is 2. The molecule has 2 aliphatic carbocycles. The van der Waals surface area contributed by atoms with Crippen LogP contribution in [0.1, 0.15) is 43.4 Å². The SMILES string of the molecule is CC1(C)C2CCC1(C(c1ccccc1)(c1ccccc1)c1ccccc1)C(=O)C2=O. The predicted molar refractivity (Wildman–Crippen MR) is 118 cm³/mol. The fourth-order valence-electron chi connectivity index (χ4n) is 6.72. The third kappa shape index (κ3) is 2.09. The summed E-state index contributed by atoms with van der Waals surface area (Å²) in [6.07, 6.45) is 1.49. The number of hydrogen-bond donors (Lipinski definition) is 0. The van der Waals surface area contributed by atoms with Crippen molar-refractivity contribution in [2.75, 3.05) is 0 Å². The Morgan fingerprint density at radius 3 is 1.43 bits per heavy atom. The molecule has 0 heterocycles. The zero-order valence-electron chi connectivity index (χ0n) is 17.5. The maximum atomic E-state index is 13.9. The average Bonchev–Trinajstić information content (AvgIpc) is 3.13. The van der Waals surface area contributed by atoms with Crippen molar-refractivity contribution >= 4 is 11.6 Å². The van der Waals surface area contributed by atoms with Gasteiger partial charge in [-0.15, -0.1) is 0 Å². The molecule has 0 spiro atoms. The van der Waals surface area contributed by atoms with Crippen LogP contribution in [0.5, 0.6) is 0 Å². The van der Waals surface area contributed by atoms with Gasteiger partial charge in [0.05, 0.1) is 10.8 Å². The fourth-order valence-corrected chi connectivity index (χ4v) is 6.72. The molecule has 2 unspecified atom stereocenters. The molecule has 5 rings (SSSR count). The Hall–Kier alpha value is -3.00. The van der Waals surface area contributed by atoms with Gasteiger partial charge in [-0.1, -0.05) is 105 Å². The van der Waals surface area contributed by atoms with Crippen LogP contribution in [0.15, 0.2) is 91.0 Å². The molecule has 3 aromatic carbocycles. The number of Topliss-reactive ketones (excluding diaryl/α,β-unsaturated/α-hetero) is 2. The Balaban J connectivity index is 1.99. The molecule has 2 fully saturated rings. The molecular formula is C28H26O2. The number of hydrogen-bond acceptors (Lipinski definition) is 2. The molecule has 0 saturated heterocycles. The Labute approximate surface area is 178 Å². The summed E-state index contributed by atoms with van der Waals surface area (Å²) in [5.41, 5.74) is 1.20. The Morgan fingerprint density at radius 1 is 0.700 bits per heavy atom. The van der Waals surface area contributed by atoms with Crippen molar-refractivity contribution in [3.63, 3.8) is 0 Å². The second kappa shape index (κ2) is 6.50. The quantitative estimate of drug-likeness (QED) is 0.427. The van der Waals surface area contributed by atoms with E-state index in [1.165, 1.54) is 0 Å². The maximum absolute atomic E-state index is 13.9. The van der Waals surface area contributed by atoms with Gasteiger partial charge in [0.25, 0.3) is 0 Å². The number of carbonyl (C=O) groups excluding carboxylic acids is 2. The van der Waals surface area contributed by atoms with Crippen molar-refractivity contribution in [2.24, 2.45) is 16.7 Å². The molecule has 0 aliphatic heterocycles. The van der Waals surface area contributed by atoms with E-state index in [2.05, 4.69) is 50.2 Å². The van der Waals surface area contributed by atoms with Crippen LogP contribution < -0.4 is 0 Å². The lowest BCUT2D eigenvalue weighted by Crippen LogP contribution is -2.56. The van der Waals surface area contributed by atoms with Crippen LogP contribution >= 0.6 is 0 Å². The molecule has 30 heavy (non-hydrogen) atoms. The largest absolute Gasteiger partial charge is 0.291 e. The second-order valence-corrected chi connectivity index (χ2v) is 9.26. The van der Waals surface area contributed by atoms with Gasteiger partial charge in [0.15, 0.2) is 0 Å².